The number of anilines is 1. The number of aromatic nitrogens is 1. The van der Waals surface area contributed by atoms with Gasteiger partial charge >= 0.3 is 0 Å². The predicted molar refractivity (Wildman–Crippen MR) is 133 cm³/mol. The molecule has 0 saturated carbocycles. The van der Waals surface area contributed by atoms with Crippen LogP contribution >= 0.6 is 11.3 Å². The molecule has 0 atom stereocenters. The van der Waals surface area contributed by atoms with Crippen LogP contribution in [0.2, 0.25) is 0 Å². The van der Waals surface area contributed by atoms with Crippen LogP contribution in [0.5, 0.6) is 0 Å². The molecule has 6 nitrogen and oxygen atoms in total. The Kier molecular flexibility index (Phi) is 6.23. The summed E-state index contributed by atoms with van der Waals surface area (Å²) in [5.74, 6) is -0.0205. The van der Waals surface area contributed by atoms with E-state index in [4.69, 9.17) is 0 Å². The average Bonchev–Trinajstić information content (AvgIpc) is 3.08. The van der Waals surface area contributed by atoms with E-state index in [1.165, 1.54) is 23.0 Å². The van der Waals surface area contributed by atoms with Gasteiger partial charge in [-0.25, -0.2) is 8.42 Å². The smallest absolute Gasteiger partial charge is 0.279 e. The molecule has 0 aliphatic carbocycles. The minimum absolute atomic E-state index is 0.160. The molecule has 1 aromatic heterocycles. The lowest BCUT2D eigenvalue weighted by molar-refractivity contribution is 0.0998. The maximum atomic E-state index is 12.9. The number of nitrogens with one attached hydrogen (secondary N) is 1. The van der Waals surface area contributed by atoms with Gasteiger partial charge in [0, 0.05) is 18.3 Å². The summed E-state index contributed by atoms with van der Waals surface area (Å²) in [7, 11) is -1.88. The first kappa shape index (κ1) is 22.9. The van der Waals surface area contributed by atoms with Crippen LogP contribution < -0.4 is 9.52 Å². The molecule has 0 radical (unpaired) electrons. The topological polar surface area (TPSA) is 80.5 Å². The van der Waals surface area contributed by atoms with Crippen molar-refractivity contribution < 1.29 is 13.2 Å². The van der Waals surface area contributed by atoms with Crippen molar-refractivity contribution in [2.75, 3.05) is 4.72 Å². The van der Waals surface area contributed by atoms with Crippen LogP contribution in [0, 0.1) is 6.92 Å². The molecule has 170 valence electrons. The third kappa shape index (κ3) is 4.91. The molecule has 0 spiro atoms. The molecule has 8 heteroatoms. The van der Waals surface area contributed by atoms with E-state index in [9.17, 15) is 13.2 Å². The first-order valence-corrected chi connectivity index (χ1v) is 12.8. The van der Waals surface area contributed by atoms with Gasteiger partial charge < -0.3 is 4.57 Å². The van der Waals surface area contributed by atoms with Crippen LogP contribution in [0.4, 0.5) is 5.69 Å². The highest BCUT2D eigenvalue weighted by Gasteiger charge is 2.15. The molecule has 0 unspecified atom stereocenters. The fourth-order valence-electron chi connectivity index (χ4n) is 3.41. The second-order valence-corrected chi connectivity index (χ2v) is 10.9. The van der Waals surface area contributed by atoms with E-state index in [1.54, 1.807) is 42.5 Å². The summed E-state index contributed by atoms with van der Waals surface area (Å²) >= 11 is 1.46. The number of carbonyl (C=O) groups is 1. The zero-order valence-electron chi connectivity index (χ0n) is 18.9. The molecule has 1 N–H and O–H groups in total. The molecule has 4 rings (SSSR count). The first-order valence-electron chi connectivity index (χ1n) is 10.5. The van der Waals surface area contributed by atoms with Gasteiger partial charge in [-0.2, -0.15) is 4.99 Å². The number of benzene rings is 3. The van der Waals surface area contributed by atoms with Gasteiger partial charge in [-0.3, -0.25) is 9.52 Å². The van der Waals surface area contributed by atoms with E-state index >= 15 is 0 Å². The van der Waals surface area contributed by atoms with Crippen molar-refractivity contribution in [2.24, 2.45) is 12.0 Å². The van der Waals surface area contributed by atoms with Gasteiger partial charge in [-0.15, -0.1) is 0 Å². The van der Waals surface area contributed by atoms with Crippen LogP contribution in [0.3, 0.4) is 0 Å². The zero-order chi connectivity index (χ0) is 23.8. The Bertz CT molecular complexity index is 1510. The third-order valence-electron chi connectivity index (χ3n) is 5.39. The fraction of sp³-hybridized carbons (Fsp3) is 0.200. The van der Waals surface area contributed by atoms with Crippen molar-refractivity contribution in [1.82, 2.24) is 4.57 Å². The van der Waals surface area contributed by atoms with E-state index in [-0.39, 0.29) is 4.90 Å². The molecule has 1 heterocycles. The highest BCUT2D eigenvalue weighted by Crippen LogP contribution is 2.23. The zero-order valence-corrected chi connectivity index (χ0v) is 20.5. The Labute approximate surface area is 197 Å². The summed E-state index contributed by atoms with van der Waals surface area (Å²) in [5, 5.41) is 0. The van der Waals surface area contributed by atoms with Crippen LogP contribution in [-0.2, 0) is 17.1 Å². The molecule has 0 saturated heterocycles. The van der Waals surface area contributed by atoms with Crippen LogP contribution in [-0.4, -0.2) is 18.9 Å². The lowest BCUT2D eigenvalue weighted by atomic mass is 10.0. The quantitative estimate of drug-likeness (QED) is 0.426. The van der Waals surface area contributed by atoms with Crippen LogP contribution in [0.15, 0.2) is 76.6 Å². The molecule has 0 fully saturated rings. The van der Waals surface area contributed by atoms with Gasteiger partial charge in [0.05, 0.1) is 15.1 Å². The number of hydrogen-bond donors (Lipinski definition) is 1. The van der Waals surface area contributed by atoms with Crippen molar-refractivity contribution in [3.8, 4) is 0 Å². The minimum Gasteiger partial charge on any atom is -0.319 e. The molecule has 0 bridgehead atoms. The van der Waals surface area contributed by atoms with Gasteiger partial charge in [0.1, 0.15) is 0 Å². The molecular weight excluding hydrogens is 454 g/mol. The van der Waals surface area contributed by atoms with Crippen molar-refractivity contribution in [1.29, 1.82) is 0 Å². The molecule has 0 aliphatic heterocycles. The number of aryl methyl sites for hydroxylation is 2. The summed E-state index contributed by atoms with van der Waals surface area (Å²) in [6, 6.07) is 19.2. The third-order valence-corrected chi connectivity index (χ3v) is 7.88. The van der Waals surface area contributed by atoms with Gasteiger partial charge in [-0.05, 0) is 60.9 Å². The van der Waals surface area contributed by atoms with Crippen LogP contribution in [0.25, 0.3) is 10.2 Å². The fourth-order valence-corrected chi connectivity index (χ4v) is 5.53. The van der Waals surface area contributed by atoms with E-state index in [2.05, 4.69) is 35.7 Å². The number of rotatable bonds is 5. The highest BCUT2D eigenvalue weighted by molar-refractivity contribution is 7.92. The Morgan fingerprint density at radius 3 is 2.45 bits per heavy atom. The number of hydrogen-bond acceptors (Lipinski definition) is 4. The van der Waals surface area contributed by atoms with Gasteiger partial charge in [0.2, 0.25) is 0 Å². The second kappa shape index (κ2) is 8.96. The normalized spacial score (nSPS) is 12.5. The SMILES string of the molecule is Cc1ccc(S(=O)(=O)Nc2cccc(C(=O)N=c3sc4cc(C(C)C)ccc4n3C)c2)cc1. The Balaban J connectivity index is 1.63. The lowest BCUT2D eigenvalue weighted by Crippen LogP contribution is -2.14. The number of sulfonamides is 1. The molecule has 1 amide bonds. The number of nitrogens with zero attached hydrogens (tertiary/aromatic N) is 2. The van der Waals surface area contributed by atoms with E-state index in [0.29, 0.717) is 22.0 Å². The standard InChI is InChI=1S/C25H25N3O3S2/c1-16(2)18-10-13-22-23(15-18)32-25(28(22)4)26-24(29)19-6-5-7-20(14-19)27-33(30,31)21-11-8-17(3)9-12-21/h5-16,27H,1-4H3. The first-order chi connectivity index (χ1) is 15.6. The molecular formula is C25H25N3O3S2. The van der Waals surface area contributed by atoms with Gasteiger partial charge in [-0.1, -0.05) is 55.0 Å². The lowest BCUT2D eigenvalue weighted by Gasteiger charge is -2.09. The minimum atomic E-state index is -3.76. The van der Waals surface area contributed by atoms with Gasteiger partial charge in [0.15, 0.2) is 4.80 Å². The predicted octanol–water partition coefficient (Wildman–Crippen LogP) is 5.21. The Morgan fingerprint density at radius 2 is 1.76 bits per heavy atom. The van der Waals surface area contributed by atoms with E-state index < -0.39 is 15.9 Å². The van der Waals surface area contributed by atoms with Crippen molar-refractivity contribution in [3.05, 3.63) is 88.2 Å². The monoisotopic (exact) mass is 479 g/mol. The number of thiazole rings is 1. The maximum absolute atomic E-state index is 12.9. The van der Waals surface area contributed by atoms with Crippen LogP contribution in [0.1, 0.15) is 41.3 Å². The molecule has 33 heavy (non-hydrogen) atoms. The van der Waals surface area contributed by atoms with E-state index in [0.717, 1.165) is 15.8 Å². The number of fused-ring (bicyclic) bond motifs is 1. The maximum Gasteiger partial charge on any atom is 0.279 e. The molecule has 4 aromatic rings. The summed E-state index contributed by atoms with van der Waals surface area (Å²) in [5.41, 5.74) is 3.82. The Morgan fingerprint density at radius 1 is 1.03 bits per heavy atom. The van der Waals surface area contributed by atoms with Crippen molar-refractivity contribution in [3.63, 3.8) is 0 Å². The Hall–Kier alpha value is -3.23. The molecule has 3 aromatic carbocycles. The number of amides is 1. The van der Waals surface area contributed by atoms with Crippen molar-refractivity contribution >= 4 is 43.2 Å². The second-order valence-electron chi connectivity index (χ2n) is 8.24. The van der Waals surface area contributed by atoms with Gasteiger partial charge in [0.25, 0.3) is 15.9 Å². The van der Waals surface area contributed by atoms with E-state index in [1.807, 2.05) is 24.6 Å². The largest absolute Gasteiger partial charge is 0.319 e. The average molecular weight is 480 g/mol. The molecule has 0 aliphatic rings. The summed E-state index contributed by atoms with van der Waals surface area (Å²) in [4.78, 5) is 17.9. The summed E-state index contributed by atoms with van der Waals surface area (Å²) in [6.45, 7) is 6.18. The van der Waals surface area contributed by atoms with Crippen molar-refractivity contribution in [2.45, 2.75) is 31.6 Å². The highest BCUT2D eigenvalue weighted by atomic mass is 32.2. The summed E-state index contributed by atoms with van der Waals surface area (Å²) in [6.07, 6.45) is 0. The number of carbonyl (C=O) groups excluding carboxylic acids is 1. The summed E-state index contributed by atoms with van der Waals surface area (Å²) < 4.78 is 30.9.